The molecular formula is C13H26N2O3. The molecule has 5 heteroatoms. The van der Waals surface area contributed by atoms with E-state index in [2.05, 4.69) is 5.32 Å². The Morgan fingerprint density at radius 3 is 2.50 bits per heavy atom. The SMILES string of the molecule is CCCC(C)(N)C(=O)NC(C)CCC(=O)OCC. The third-order valence-electron chi connectivity index (χ3n) is 2.75. The van der Waals surface area contributed by atoms with Gasteiger partial charge in [-0.1, -0.05) is 13.3 Å². The maximum absolute atomic E-state index is 11.9. The molecule has 5 nitrogen and oxygen atoms in total. The van der Waals surface area contributed by atoms with Crippen molar-refractivity contribution in [1.82, 2.24) is 5.32 Å². The fraction of sp³-hybridized carbons (Fsp3) is 0.846. The molecule has 0 fully saturated rings. The summed E-state index contributed by atoms with van der Waals surface area (Å²) in [5, 5.41) is 2.83. The van der Waals surface area contributed by atoms with E-state index in [9.17, 15) is 9.59 Å². The van der Waals surface area contributed by atoms with E-state index >= 15 is 0 Å². The number of hydrogen-bond acceptors (Lipinski definition) is 4. The van der Waals surface area contributed by atoms with Gasteiger partial charge in [-0.3, -0.25) is 9.59 Å². The summed E-state index contributed by atoms with van der Waals surface area (Å²) >= 11 is 0. The molecule has 0 saturated carbocycles. The van der Waals surface area contributed by atoms with Gasteiger partial charge in [0.05, 0.1) is 12.1 Å². The van der Waals surface area contributed by atoms with E-state index in [1.807, 2.05) is 13.8 Å². The number of ether oxygens (including phenoxy) is 1. The molecule has 0 aliphatic carbocycles. The lowest BCUT2D eigenvalue weighted by Crippen LogP contribution is -2.53. The first-order valence-corrected chi connectivity index (χ1v) is 6.59. The normalized spacial score (nSPS) is 15.6. The third-order valence-corrected chi connectivity index (χ3v) is 2.75. The summed E-state index contributed by atoms with van der Waals surface area (Å²) in [4.78, 5) is 23.1. The monoisotopic (exact) mass is 258 g/mol. The molecule has 0 rings (SSSR count). The number of esters is 1. The molecule has 106 valence electrons. The Labute approximate surface area is 109 Å². The van der Waals surface area contributed by atoms with Gasteiger partial charge in [0.25, 0.3) is 0 Å². The molecule has 0 aromatic carbocycles. The van der Waals surface area contributed by atoms with Crippen LogP contribution in [0.15, 0.2) is 0 Å². The fourth-order valence-electron chi connectivity index (χ4n) is 1.66. The first-order valence-electron chi connectivity index (χ1n) is 6.59. The number of nitrogens with two attached hydrogens (primary N) is 1. The number of hydrogen-bond donors (Lipinski definition) is 2. The summed E-state index contributed by atoms with van der Waals surface area (Å²) in [7, 11) is 0. The zero-order valence-corrected chi connectivity index (χ0v) is 11.9. The van der Waals surface area contributed by atoms with Gasteiger partial charge < -0.3 is 15.8 Å². The van der Waals surface area contributed by atoms with E-state index in [0.717, 1.165) is 6.42 Å². The lowest BCUT2D eigenvalue weighted by atomic mass is 9.96. The summed E-state index contributed by atoms with van der Waals surface area (Å²) in [6, 6.07) is -0.0818. The summed E-state index contributed by atoms with van der Waals surface area (Å²) in [6.45, 7) is 7.73. The van der Waals surface area contributed by atoms with Gasteiger partial charge in [0.2, 0.25) is 5.91 Å². The number of nitrogens with one attached hydrogen (secondary N) is 1. The molecule has 0 heterocycles. The Morgan fingerprint density at radius 2 is 2.00 bits per heavy atom. The van der Waals surface area contributed by atoms with Crippen molar-refractivity contribution >= 4 is 11.9 Å². The highest BCUT2D eigenvalue weighted by molar-refractivity contribution is 5.85. The molecule has 1 amide bonds. The average Bonchev–Trinajstić information content (AvgIpc) is 2.26. The number of carbonyl (C=O) groups is 2. The number of carbonyl (C=O) groups excluding carboxylic acids is 2. The predicted molar refractivity (Wildman–Crippen MR) is 71.0 cm³/mol. The first kappa shape index (κ1) is 16.9. The van der Waals surface area contributed by atoms with Gasteiger partial charge in [0, 0.05) is 12.5 Å². The van der Waals surface area contributed by atoms with Gasteiger partial charge in [0.1, 0.15) is 0 Å². The summed E-state index contributed by atoms with van der Waals surface area (Å²) in [6.07, 6.45) is 2.37. The Hall–Kier alpha value is -1.10. The van der Waals surface area contributed by atoms with Gasteiger partial charge in [0.15, 0.2) is 0 Å². The van der Waals surface area contributed by atoms with Gasteiger partial charge >= 0.3 is 5.97 Å². The van der Waals surface area contributed by atoms with Crippen molar-refractivity contribution in [3.8, 4) is 0 Å². The molecule has 0 saturated heterocycles. The second-order valence-electron chi connectivity index (χ2n) is 4.89. The molecule has 0 radical (unpaired) electrons. The second-order valence-corrected chi connectivity index (χ2v) is 4.89. The summed E-state index contributed by atoms with van der Waals surface area (Å²) in [5.41, 5.74) is 5.08. The first-order chi connectivity index (χ1) is 8.33. The van der Waals surface area contributed by atoms with Crippen molar-refractivity contribution in [1.29, 1.82) is 0 Å². The van der Waals surface area contributed by atoms with Crippen LogP contribution in [0.1, 0.15) is 53.4 Å². The Balaban J connectivity index is 4.04. The van der Waals surface area contributed by atoms with Crippen molar-refractivity contribution in [2.75, 3.05) is 6.61 Å². The fourth-order valence-corrected chi connectivity index (χ4v) is 1.66. The Kier molecular flexibility index (Phi) is 7.59. The smallest absolute Gasteiger partial charge is 0.305 e. The minimum atomic E-state index is -0.840. The van der Waals surface area contributed by atoms with Crippen LogP contribution in [-0.2, 0) is 14.3 Å². The molecule has 0 spiro atoms. The van der Waals surface area contributed by atoms with Crippen molar-refractivity contribution in [2.24, 2.45) is 5.73 Å². The van der Waals surface area contributed by atoms with E-state index in [4.69, 9.17) is 10.5 Å². The molecule has 18 heavy (non-hydrogen) atoms. The highest BCUT2D eigenvalue weighted by Gasteiger charge is 2.27. The molecule has 0 aliphatic rings. The molecule has 3 N–H and O–H groups in total. The van der Waals surface area contributed by atoms with Crippen LogP contribution >= 0.6 is 0 Å². The predicted octanol–water partition coefficient (Wildman–Crippen LogP) is 1.35. The number of rotatable bonds is 8. The Morgan fingerprint density at radius 1 is 1.39 bits per heavy atom. The van der Waals surface area contributed by atoms with Gasteiger partial charge in [-0.25, -0.2) is 0 Å². The maximum Gasteiger partial charge on any atom is 0.305 e. The lowest BCUT2D eigenvalue weighted by Gasteiger charge is -2.25. The van der Waals surface area contributed by atoms with Crippen LogP contribution in [0, 0.1) is 0 Å². The second kappa shape index (κ2) is 8.08. The third kappa shape index (κ3) is 6.59. The molecule has 0 aliphatic heterocycles. The minimum absolute atomic E-state index is 0.0818. The van der Waals surface area contributed by atoms with Crippen molar-refractivity contribution in [3.05, 3.63) is 0 Å². The quantitative estimate of drug-likeness (QED) is 0.644. The highest BCUT2D eigenvalue weighted by atomic mass is 16.5. The number of amides is 1. The van der Waals surface area contributed by atoms with E-state index in [-0.39, 0.29) is 17.9 Å². The van der Waals surface area contributed by atoms with Crippen LogP contribution in [0.25, 0.3) is 0 Å². The van der Waals surface area contributed by atoms with Crippen LogP contribution in [-0.4, -0.2) is 30.1 Å². The van der Waals surface area contributed by atoms with Gasteiger partial charge in [-0.15, -0.1) is 0 Å². The zero-order valence-electron chi connectivity index (χ0n) is 11.9. The van der Waals surface area contributed by atoms with Crippen LogP contribution in [0.3, 0.4) is 0 Å². The van der Waals surface area contributed by atoms with E-state index < -0.39 is 5.54 Å². The lowest BCUT2D eigenvalue weighted by molar-refractivity contribution is -0.143. The Bertz CT molecular complexity index is 277. The van der Waals surface area contributed by atoms with Crippen LogP contribution in [0.4, 0.5) is 0 Å². The zero-order chi connectivity index (χ0) is 14.2. The summed E-state index contributed by atoms with van der Waals surface area (Å²) in [5.74, 6) is -0.400. The van der Waals surface area contributed by atoms with E-state index in [0.29, 0.717) is 25.9 Å². The molecule has 0 aromatic heterocycles. The molecule has 0 aromatic rings. The molecular weight excluding hydrogens is 232 g/mol. The van der Waals surface area contributed by atoms with Crippen LogP contribution in [0.5, 0.6) is 0 Å². The highest BCUT2D eigenvalue weighted by Crippen LogP contribution is 2.09. The van der Waals surface area contributed by atoms with Gasteiger partial charge in [-0.05, 0) is 33.6 Å². The molecule has 2 unspecified atom stereocenters. The van der Waals surface area contributed by atoms with Crippen molar-refractivity contribution < 1.29 is 14.3 Å². The van der Waals surface area contributed by atoms with Crippen molar-refractivity contribution in [3.63, 3.8) is 0 Å². The largest absolute Gasteiger partial charge is 0.466 e. The molecule has 0 bridgehead atoms. The standard InChI is InChI=1S/C13H26N2O3/c1-5-9-13(4,14)12(17)15-10(3)7-8-11(16)18-6-2/h10H,5-9,14H2,1-4H3,(H,15,17). The maximum atomic E-state index is 11.9. The topological polar surface area (TPSA) is 81.4 Å². The van der Waals surface area contributed by atoms with Crippen LogP contribution in [0.2, 0.25) is 0 Å². The summed E-state index contributed by atoms with van der Waals surface area (Å²) < 4.78 is 4.83. The van der Waals surface area contributed by atoms with E-state index in [1.54, 1.807) is 13.8 Å². The molecule has 2 atom stereocenters. The van der Waals surface area contributed by atoms with Crippen LogP contribution < -0.4 is 11.1 Å². The van der Waals surface area contributed by atoms with Crippen molar-refractivity contribution in [2.45, 2.75) is 65.0 Å². The van der Waals surface area contributed by atoms with Gasteiger partial charge in [-0.2, -0.15) is 0 Å². The minimum Gasteiger partial charge on any atom is -0.466 e. The average molecular weight is 258 g/mol. The van der Waals surface area contributed by atoms with E-state index in [1.165, 1.54) is 0 Å².